The number of carbonyl (C=O) groups excluding carboxylic acids is 1. The van der Waals surface area contributed by atoms with E-state index in [1.54, 1.807) is 24.0 Å². The molecule has 2 rings (SSSR count). The fourth-order valence-electron chi connectivity index (χ4n) is 1.64. The molecule has 0 saturated carbocycles. The van der Waals surface area contributed by atoms with E-state index < -0.39 is 0 Å². The smallest absolute Gasteiger partial charge is 0.271 e. The van der Waals surface area contributed by atoms with Gasteiger partial charge in [-0.3, -0.25) is 9.48 Å². The highest BCUT2D eigenvalue weighted by Crippen LogP contribution is 2.10. The summed E-state index contributed by atoms with van der Waals surface area (Å²) in [6.45, 7) is 1.39. The van der Waals surface area contributed by atoms with E-state index >= 15 is 0 Å². The lowest BCUT2D eigenvalue weighted by atomic mass is 10.2. The fourth-order valence-corrected chi connectivity index (χ4v) is 1.64. The number of aromatic nitrogens is 2. The molecule has 1 aromatic heterocycles. The first-order valence-electron chi connectivity index (χ1n) is 5.15. The van der Waals surface area contributed by atoms with Gasteiger partial charge < -0.3 is 10.1 Å². The second-order valence-corrected chi connectivity index (χ2v) is 3.72. The van der Waals surface area contributed by atoms with Crippen molar-refractivity contribution >= 4 is 5.91 Å². The predicted octanol–water partition coefficient (Wildman–Crippen LogP) is 0.329. The Labute approximate surface area is 88.4 Å². The van der Waals surface area contributed by atoms with E-state index in [0.29, 0.717) is 12.2 Å². The zero-order valence-electron chi connectivity index (χ0n) is 8.77. The van der Waals surface area contributed by atoms with Gasteiger partial charge in [-0.15, -0.1) is 0 Å². The number of nitrogens with zero attached hydrogens (tertiary/aromatic N) is 2. The second-order valence-electron chi connectivity index (χ2n) is 3.72. The Hall–Kier alpha value is -1.36. The average molecular weight is 209 g/mol. The Bertz CT molecular complexity index is 342. The van der Waals surface area contributed by atoms with Crippen LogP contribution >= 0.6 is 0 Å². The van der Waals surface area contributed by atoms with Crippen molar-refractivity contribution < 1.29 is 9.53 Å². The van der Waals surface area contributed by atoms with E-state index in [1.165, 1.54) is 0 Å². The lowest BCUT2D eigenvalue weighted by molar-refractivity contribution is 0.0853. The van der Waals surface area contributed by atoms with E-state index in [-0.39, 0.29) is 12.0 Å². The largest absolute Gasteiger partial charge is 0.376 e. The predicted molar refractivity (Wildman–Crippen MR) is 54.5 cm³/mol. The molecule has 1 aliphatic rings. The summed E-state index contributed by atoms with van der Waals surface area (Å²) in [5, 5.41) is 6.83. The number of hydrogen-bond donors (Lipinski definition) is 1. The molecule has 15 heavy (non-hydrogen) atoms. The second kappa shape index (κ2) is 4.44. The van der Waals surface area contributed by atoms with Crippen LogP contribution in [0.1, 0.15) is 23.3 Å². The lowest BCUT2D eigenvalue weighted by Crippen LogP contribution is -2.32. The zero-order chi connectivity index (χ0) is 10.7. The molecule has 1 saturated heterocycles. The van der Waals surface area contributed by atoms with Gasteiger partial charge >= 0.3 is 0 Å². The minimum absolute atomic E-state index is 0.133. The number of aryl methyl sites for hydroxylation is 1. The molecule has 5 nitrogen and oxygen atoms in total. The summed E-state index contributed by atoms with van der Waals surface area (Å²) in [5.74, 6) is -0.133. The highest BCUT2D eigenvalue weighted by Gasteiger charge is 2.17. The Morgan fingerprint density at radius 2 is 2.67 bits per heavy atom. The Kier molecular flexibility index (Phi) is 3.01. The van der Waals surface area contributed by atoms with E-state index in [4.69, 9.17) is 4.74 Å². The van der Waals surface area contributed by atoms with Crippen LogP contribution in [0.3, 0.4) is 0 Å². The number of rotatable bonds is 3. The summed E-state index contributed by atoms with van der Waals surface area (Å²) in [4.78, 5) is 11.6. The molecular weight excluding hydrogens is 194 g/mol. The van der Waals surface area contributed by atoms with Crippen molar-refractivity contribution in [2.24, 2.45) is 7.05 Å². The van der Waals surface area contributed by atoms with Crippen LogP contribution in [-0.4, -0.2) is 34.9 Å². The normalized spacial score (nSPS) is 20.5. The summed E-state index contributed by atoms with van der Waals surface area (Å²) < 4.78 is 7.02. The van der Waals surface area contributed by atoms with Gasteiger partial charge in [-0.25, -0.2) is 0 Å². The van der Waals surface area contributed by atoms with E-state index in [1.807, 2.05) is 0 Å². The molecule has 0 aliphatic carbocycles. The maximum atomic E-state index is 11.6. The van der Waals surface area contributed by atoms with Gasteiger partial charge in [0, 0.05) is 26.4 Å². The molecule has 1 aliphatic heterocycles. The first-order valence-corrected chi connectivity index (χ1v) is 5.15. The molecular formula is C10H15N3O2. The molecule has 5 heteroatoms. The van der Waals surface area contributed by atoms with Crippen molar-refractivity contribution in [2.45, 2.75) is 18.9 Å². The fraction of sp³-hybridized carbons (Fsp3) is 0.600. The summed E-state index contributed by atoms with van der Waals surface area (Å²) in [6, 6.07) is 1.70. The Morgan fingerprint density at radius 1 is 1.80 bits per heavy atom. The number of ether oxygens (including phenoxy) is 1. The lowest BCUT2D eigenvalue weighted by Gasteiger charge is -2.09. The highest BCUT2D eigenvalue weighted by atomic mass is 16.5. The SMILES string of the molecule is Cn1ccc(C(=O)NC[C@@H]2CCCO2)n1. The quantitative estimate of drug-likeness (QED) is 0.780. The molecule has 0 bridgehead atoms. The molecule has 1 N–H and O–H groups in total. The molecule has 1 atom stereocenters. The van der Waals surface area contributed by atoms with Crippen LogP contribution in [0.5, 0.6) is 0 Å². The van der Waals surface area contributed by atoms with Gasteiger partial charge in [0.2, 0.25) is 0 Å². The van der Waals surface area contributed by atoms with Gasteiger partial charge in [0.1, 0.15) is 5.69 Å². The maximum absolute atomic E-state index is 11.6. The van der Waals surface area contributed by atoms with Crippen LogP contribution in [-0.2, 0) is 11.8 Å². The van der Waals surface area contributed by atoms with Gasteiger partial charge in [0.25, 0.3) is 5.91 Å². The van der Waals surface area contributed by atoms with Crippen LogP contribution in [0.4, 0.5) is 0 Å². The number of carbonyl (C=O) groups is 1. The van der Waals surface area contributed by atoms with Crippen LogP contribution in [0.15, 0.2) is 12.3 Å². The van der Waals surface area contributed by atoms with E-state index in [0.717, 1.165) is 19.4 Å². The van der Waals surface area contributed by atoms with Crippen molar-refractivity contribution in [3.63, 3.8) is 0 Å². The van der Waals surface area contributed by atoms with E-state index in [2.05, 4.69) is 10.4 Å². The maximum Gasteiger partial charge on any atom is 0.271 e. The monoisotopic (exact) mass is 209 g/mol. The highest BCUT2D eigenvalue weighted by molar-refractivity contribution is 5.92. The van der Waals surface area contributed by atoms with Crippen LogP contribution < -0.4 is 5.32 Å². The van der Waals surface area contributed by atoms with Crippen molar-refractivity contribution in [2.75, 3.05) is 13.2 Å². The van der Waals surface area contributed by atoms with Crippen molar-refractivity contribution in [1.29, 1.82) is 0 Å². The number of nitrogens with one attached hydrogen (secondary N) is 1. The van der Waals surface area contributed by atoms with Crippen molar-refractivity contribution in [3.05, 3.63) is 18.0 Å². The first kappa shape index (κ1) is 10.2. The van der Waals surface area contributed by atoms with Gasteiger partial charge in [0.05, 0.1) is 6.10 Å². The van der Waals surface area contributed by atoms with E-state index in [9.17, 15) is 4.79 Å². The summed E-state index contributed by atoms with van der Waals surface area (Å²) >= 11 is 0. The van der Waals surface area contributed by atoms with Crippen molar-refractivity contribution in [1.82, 2.24) is 15.1 Å². The minimum Gasteiger partial charge on any atom is -0.376 e. The van der Waals surface area contributed by atoms with Crippen LogP contribution in [0.2, 0.25) is 0 Å². The molecule has 82 valence electrons. The molecule has 0 aromatic carbocycles. The minimum atomic E-state index is -0.133. The molecule has 0 radical (unpaired) electrons. The van der Waals surface area contributed by atoms with Crippen LogP contribution in [0.25, 0.3) is 0 Å². The average Bonchev–Trinajstić information content (AvgIpc) is 2.84. The van der Waals surface area contributed by atoms with Crippen LogP contribution in [0, 0.1) is 0 Å². The standard InChI is InChI=1S/C10H15N3O2/c1-13-5-4-9(12-13)10(14)11-7-8-3-2-6-15-8/h4-5,8H,2-3,6-7H2,1H3,(H,11,14)/t8-/m0/s1. The summed E-state index contributed by atoms with van der Waals surface area (Å²) in [5.41, 5.74) is 0.454. The third-order valence-electron chi connectivity index (χ3n) is 2.46. The number of amides is 1. The van der Waals surface area contributed by atoms with Gasteiger partial charge in [-0.05, 0) is 18.9 Å². The first-order chi connectivity index (χ1) is 7.25. The third-order valence-corrected chi connectivity index (χ3v) is 2.46. The molecule has 2 heterocycles. The van der Waals surface area contributed by atoms with Gasteiger partial charge in [-0.2, -0.15) is 5.10 Å². The Balaban J connectivity index is 1.81. The molecule has 0 unspecified atom stereocenters. The topological polar surface area (TPSA) is 56.2 Å². The molecule has 1 amide bonds. The zero-order valence-corrected chi connectivity index (χ0v) is 8.77. The summed E-state index contributed by atoms with van der Waals surface area (Å²) in [6.07, 6.45) is 4.05. The molecule has 1 fully saturated rings. The summed E-state index contributed by atoms with van der Waals surface area (Å²) in [7, 11) is 1.79. The van der Waals surface area contributed by atoms with Gasteiger partial charge in [0.15, 0.2) is 0 Å². The Morgan fingerprint density at radius 3 is 3.27 bits per heavy atom. The molecule has 0 spiro atoms. The van der Waals surface area contributed by atoms with Crippen molar-refractivity contribution in [3.8, 4) is 0 Å². The third kappa shape index (κ3) is 2.56. The number of hydrogen-bond acceptors (Lipinski definition) is 3. The molecule has 1 aromatic rings. The van der Waals surface area contributed by atoms with Gasteiger partial charge in [-0.1, -0.05) is 0 Å².